The highest BCUT2D eigenvalue weighted by Crippen LogP contribution is 2.16. The fourth-order valence-electron chi connectivity index (χ4n) is 2.96. The number of aryl methyl sites for hydroxylation is 2. The highest BCUT2D eigenvalue weighted by molar-refractivity contribution is 5.82. The summed E-state index contributed by atoms with van der Waals surface area (Å²) < 4.78 is 13.3. The van der Waals surface area contributed by atoms with Gasteiger partial charge in [0.1, 0.15) is 12.4 Å². The summed E-state index contributed by atoms with van der Waals surface area (Å²) in [5.41, 5.74) is 2.63. The third-order valence-electron chi connectivity index (χ3n) is 4.36. The standard InChI is InChI=1S/C18H22FN5O/c1-3-15-16(4-2)21-22-18(20-15)24-9-8-23(17(25)12-24)11-13-6-5-7-14(19)10-13/h5-7,10H,3-4,8-9,11-12H2,1-2H3. The molecule has 25 heavy (non-hydrogen) atoms. The second kappa shape index (κ2) is 7.55. The van der Waals surface area contributed by atoms with Crippen molar-refractivity contribution in [2.45, 2.75) is 33.2 Å². The molecule has 7 heteroatoms. The Balaban J connectivity index is 1.68. The summed E-state index contributed by atoms with van der Waals surface area (Å²) in [5, 5.41) is 8.43. The van der Waals surface area contributed by atoms with Crippen molar-refractivity contribution in [2.75, 3.05) is 24.5 Å². The zero-order valence-electron chi connectivity index (χ0n) is 14.6. The number of anilines is 1. The van der Waals surface area contributed by atoms with E-state index in [2.05, 4.69) is 15.2 Å². The van der Waals surface area contributed by atoms with Gasteiger partial charge in [-0.1, -0.05) is 26.0 Å². The first-order chi connectivity index (χ1) is 12.1. The van der Waals surface area contributed by atoms with Gasteiger partial charge >= 0.3 is 0 Å². The van der Waals surface area contributed by atoms with Gasteiger partial charge in [-0.15, -0.1) is 5.10 Å². The second-order valence-corrected chi connectivity index (χ2v) is 6.08. The lowest BCUT2D eigenvalue weighted by Crippen LogP contribution is -2.50. The molecular formula is C18H22FN5O. The minimum absolute atomic E-state index is 0.0169. The molecule has 1 aromatic carbocycles. The maximum Gasteiger partial charge on any atom is 0.246 e. The van der Waals surface area contributed by atoms with Gasteiger partial charge in [0.2, 0.25) is 11.9 Å². The molecule has 0 radical (unpaired) electrons. The molecule has 0 spiro atoms. The molecule has 1 amide bonds. The van der Waals surface area contributed by atoms with Crippen LogP contribution in [-0.4, -0.2) is 45.6 Å². The van der Waals surface area contributed by atoms with Gasteiger partial charge < -0.3 is 9.80 Å². The quantitative estimate of drug-likeness (QED) is 0.831. The lowest BCUT2D eigenvalue weighted by atomic mass is 10.2. The molecule has 1 saturated heterocycles. The van der Waals surface area contributed by atoms with E-state index in [-0.39, 0.29) is 18.3 Å². The average Bonchev–Trinajstić information content (AvgIpc) is 2.63. The van der Waals surface area contributed by atoms with Crippen molar-refractivity contribution >= 4 is 11.9 Å². The van der Waals surface area contributed by atoms with Crippen molar-refractivity contribution in [3.05, 3.63) is 47.0 Å². The van der Waals surface area contributed by atoms with Gasteiger partial charge in [0.25, 0.3) is 0 Å². The van der Waals surface area contributed by atoms with Crippen LogP contribution in [0.4, 0.5) is 10.3 Å². The average molecular weight is 343 g/mol. The Morgan fingerprint density at radius 3 is 2.60 bits per heavy atom. The number of halogens is 1. The number of nitrogens with zero attached hydrogens (tertiary/aromatic N) is 5. The Bertz CT molecular complexity index is 767. The summed E-state index contributed by atoms with van der Waals surface area (Å²) in [4.78, 5) is 20.6. The molecule has 1 aromatic heterocycles. The van der Waals surface area contributed by atoms with Gasteiger partial charge in [0.15, 0.2) is 0 Å². The Labute approximate surface area is 146 Å². The molecule has 2 aromatic rings. The lowest BCUT2D eigenvalue weighted by molar-refractivity contribution is -0.131. The van der Waals surface area contributed by atoms with Crippen molar-refractivity contribution in [1.82, 2.24) is 20.1 Å². The first-order valence-corrected chi connectivity index (χ1v) is 8.60. The zero-order chi connectivity index (χ0) is 17.8. The Hall–Kier alpha value is -2.57. The molecule has 1 aliphatic rings. The van der Waals surface area contributed by atoms with E-state index in [0.29, 0.717) is 25.6 Å². The van der Waals surface area contributed by atoms with E-state index in [9.17, 15) is 9.18 Å². The number of hydrogen-bond acceptors (Lipinski definition) is 5. The van der Waals surface area contributed by atoms with Crippen LogP contribution in [0, 0.1) is 5.82 Å². The normalized spacial score (nSPS) is 14.9. The summed E-state index contributed by atoms with van der Waals surface area (Å²) in [6.07, 6.45) is 1.59. The third kappa shape index (κ3) is 3.92. The first kappa shape index (κ1) is 17.3. The summed E-state index contributed by atoms with van der Waals surface area (Å²) in [7, 11) is 0. The number of piperazine rings is 1. The predicted octanol–water partition coefficient (Wildman–Crippen LogP) is 1.98. The van der Waals surface area contributed by atoms with Gasteiger partial charge in [0.05, 0.1) is 11.4 Å². The van der Waals surface area contributed by atoms with E-state index in [4.69, 9.17) is 0 Å². The maximum atomic E-state index is 13.3. The van der Waals surface area contributed by atoms with Crippen molar-refractivity contribution in [2.24, 2.45) is 0 Å². The number of aromatic nitrogens is 3. The predicted molar refractivity (Wildman–Crippen MR) is 92.6 cm³/mol. The molecule has 0 unspecified atom stereocenters. The molecule has 2 heterocycles. The molecule has 0 aliphatic carbocycles. The molecule has 0 saturated carbocycles. The lowest BCUT2D eigenvalue weighted by Gasteiger charge is -2.34. The van der Waals surface area contributed by atoms with Crippen LogP contribution in [0.2, 0.25) is 0 Å². The van der Waals surface area contributed by atoms with Gasteiger partial charge in [-0.25, -0.2) is 9.37 Å². The Kier molecular flexibility index (Phi) is 5.21. The van der Waals surface area contributed by atoms with Gasteiger partial charge in [0, 0.05) is 19.6 Å². The van der Waals surface area contributed by atoms with Gasteiger partial charge in [-0.05, 0) is 30.5 Å². The zero-order valence-corrected chi connectivity index (χ0v) is 14.6. The monoisotopic (exact) mass is 343 g/mol. The number of hydrogen-bond donors (Lipinski definition) is 0. The molecular weight excluding hydrogens is 321 g/mol. The molecule has 0 N–H and O–H groups in total. The SMILES string of the molecule is CCc1nnc(N2CCN(Cc3cccc(F)c3)C(=O)C2)nc1CC. The van der Waals surface area contributed by atoms with Crippen molar-refractivity contribution in [1.29, 1.82) is 0 Å². The number of rotatable bonds is 5. The summed E-state index contributed by atoms with van der Waals surface area (Å²) >= 11 is 0. The number of benzene rings is 1. The van der Waals surface area contributed by atoms with E-state index < -0.39 is 0 Å². The maximum absolute atomic E-state index is 13.3. The number of carbonyl (C=O) groups excluding carboxylic acids is 1. The minimum Gasteiger partial charge on any atom is -0.335 e. The second-order valence-electron chi connectivity index (χ2n) is 6.08. The molecule has 1 aliphatic heterocycles. The van der Waals surface area contributed by atoms with Crippen LogP contribution >= 0.6 is 0 Å². The summed E-state index contributed by atoms with van der Waals surface area (Å²) in [6.45, 7) is 5.88. The molecule has 132 valence electrons. The smallest absolute Gasteiger partial charge is 0.246 e. The van der Waals surface area contributed by atoms with Gasteiger partial charge in [-0.3, -0.25) is 4.79 Å². The molecule has 0 atom stereocenters. The Morgan fingerprint density at radius 1 is 1.12 bits per heavy atom. The number of amides is 1. The van der Waals surface area contributed by atoms with E-state index in [1.807, 2.05) is 24.8 Å². The van der Waals surface area contributed by atoms with E-state index in [0.717, 1.165) is 29.8 Å². The first-order valence-electron chi connectivity index (χ1n) is 8.60. The van der Waals surface area contributed by atoms with Crippen LogP contribution < -0.4 is 4.90 Å². The topological polar surface area (TPSA) is 62.2 Å². The van der Waals surface area contributed by atoms with Gasteiger partial charge in [-0.2, -0.15) is 5.10 Å². The van der Waals surface area contributed by atoms with Crippen LogP contribution in [0.5, 0.6) is 0 Å². The molecule has 1 fully saturated rings. The molecule has 3 rings (SSSR count). The summed E-state index contributed by atoms with van der Waals surface area (Å²) in [6, 6.07) is 6.35. The van der Waals surface area contributed by atoms with Crippen molar-refractivity contribution < 1.29 is 9.18 Å². The van der Waals surface area contributed by atoms with Crippen LogP contribution in [0.3, 0.4) is 0 Å². The van der Waals surface area contributed by atoms with Crippen LogP contribution in [-0.2, 0) is 24.2 Å². The largest absolute Gasteiger partial charge is 0.335 e. The minimum atomic E-state index is -0.286. The highest BCUT2D eigenvalue weighted by Gasteiger charge is 2.26. The number of carbonyl (C=O) groups is 1. The van der Waals surface area contributed by atoms with E-state index >= 15 is 0 Å². The van der Waals surface area contributed by atoms with E-state index in [1.165, 1.54) is 12.1 Å². The Morgan fingerprint density at radius 2 is 1.92 bits per heavy atom. The molecule has 6 nitrogen and oxygen atoms in total. The highest BCUT2D eigenvalue weighted by atomic mass is 19.1. The van der Waals surface area contributed by atoms with Crippen LogP contribution in [0.15, 0.2) is 24.3 Å². The third-order valence-corrected chi connectivity index (χ3v) is 4.36. The molecule has 0 bridgehead atoms. The van der Waals surface area contributed by atoms with Crippen LogP contribution in [0.1, 0.15) is 30.8 Å². The van der Waals surface area contributed by atoms with Crippen LogP contribution in [0.25, 0.3) is 0 Å². The summed E-state index contributed by atoms with van der Waals surface area (Å²) in [5.74, 6) is 0.204. The fraction of sp³-hybridized carbons (Fsp3) is 0.444. The van der Waals surface area contributed by atoms with E-state index in [1.54, 1.807) is 11.0 Å². The van der Waals surface area contributed by atoms with Crippen molar-refractivity contribution in [3.8, 4) is 0 Å². The fourth-order valence-corrected chi connectivity index (χ4v) is 2.96. The van der Waals surface area contributed by atoms with Crippen molar-refractivity contribution in [3.63, 3.8) is 0 Å².